The van der Waals surface area contributed by atoms with Crippen molar-refractivity contribution in [2.24, 2.45) is 0 Å². The van der Waals surface area contributed by atoms with Crippen molar-refractivity contribution in [2.45, 2.75) is 31.9 Å². The number of carboxylic acid groups (broad SMARTS) is 1. The predicted molar refractivity (Wildman–Crippen MR) is 78.7 cm³/mol. The minimum Gasteiger partial charge on any atom is -0.480 e. The Balaban J connectivity index is 2.00. The van der Waals surface area contributed by atoms with E-state index in [9.17, 15) is 4.79 Å². The van der Waals surface area contributed by atoms with Gasteiger partial charge in [-0.1, -0.05) is 6.07 Å². The summed E-state index contributed by atoms with van der Waals surface area (Å²) in [5.41, 5.74) is 3.20. The molecule has 1 aromatic carbocycles. The van der Waals surface area contributed by atoms with E-state index in [2.05, 4.69) is 16.0 Å². The summed E-state index contributed by atoms with van der Waals surface area (Å²) in [6.45, 7) is 5.50. The first kappa shape index (κ1) is 13.9. The van der Waals surface area contributed by atoms with E-state index in [0.717, 1.165) is 29.0 Å². The van der Waals surface area contributed by atoms with Gasteiger partial charge in [0.15, 0.2) is 0 Å². The van der Waals surface area contributed by atoms with Crippen molar-refractivity contribution in [1.29, 1.82) is 0 Å². The fraction of sp³-hybridized carbons (Fsp3) is 0.429. The van der Waals surface area contributed by atoms with E-state index in [1.54, 1.807) is 13.8 Å². The van der Waals surface area contributed by atoms with Gasteiger partial charge in [0.2, 0.25) is 0 Å². The zero-order valence-corrected chi connectivity index (χ0v) is 12.2. The molecule has 0 aliphatic carbocycles. The first-order chi connectivity index (χ1) is 8.88. The number of aromatic amines is 1. The molecule has 0 saturated heterocycles. The molecular weight excluding hydrogens is 260 g/mol. The van der Waals surface area contributed by atoms with Crippen molar-refractivity contribution in [3.8, 4) is 0 Å². The lowest BCUT2D eigenvalue weighted by Gasteiger charge is -2.17. The second kappa shape index (κ2) is 5.25. The molecule has 0 unspecified atom stereocenters. The number of nitrogens with one attached hydrogen (secondary N) is 1. The van der Waals surface area contributed by atoms with Gasteiger partial charge in [0, 0.05) is 12.2 Å². The molecular formula is C14H18N2O2S. The van der Waals surface area contributed by atoms with Crippen LogP contribution in [0.5, 0.6) is 0 Å². The number of nitrogens with zero attached hydrogens (tertiary/aromatic N) is 1. The lowest BCUT2D eigenvalue weighted by Crippen LogP contribution is -2.27. The summed E-state index contributed by atoms with van der Waals surface area (Å²) in [7, 11) is 0. The van der Waals surface area contributed by atoms with Gasteiger partial charge in [-0.15, -0.1) is 11.8 Å². The van der Waals surface area contributed by atoms with Crippen molar-refractivity contribution in [1.82, 2.24) is 9.97 Å². The fourth-order valence-corrected chi connectivity index (χ4v) is 2.69. The monoisotopic (exact) mass is 278 g/mol. The van der Waals surface area contributed by atoms with E-state index >= 15 is 0 Å². The zero-order valence-electron chi connectivity index (χ0n) is 11.4. The Morgan fingerprint density at radius 1 is 1.47 bits per heavy atom. The van der Waals surface area contributed by atoms with E-state index < -0.39 is 10.7 Å². The smallest absolute Gasteiger partial charge is 0.319 e. The molecule has 0 aliphatic heterocycles. The number of H-pyrrole nitrogens is 1. The van der Waals surface area contributed by atoms with Crippen LogP contribution >= 0.6 is 11.8 Å². The molecule has 2 rings (SSSR count). The number of imidazole rings is 1. The molecule has 102 valence electrons. The first-order valence-corrected chi connectivity index (χ1v) is 7.19. The first-order valence-electron chi connectivity index (χ1n) is 6.21. The van der Waals surface area contributed by atoms with Gasteiger partial charge >= 0.3 is 5.97 Å². The SMILES string of the molecule is Cc1ccc2nc(CCSC(C)(C)C(=O)O)[nH]c2c1. The Hall–Kier alpha value is -1.49. The maximum Gasteiger partial charge on any atom is 0.319 e. The molecule has 2 aromatic rings. The number of fused-ring (bicyclic) bond motifs is 1. The standard InChI is InChI=1S/C14H18N2O2S/c1-9-4-5-10-11(8-9)16-12(15-10)6-7-19-14(2,3)13(17)18/h4-5,8H,6-7H2,1-3H3,(H,15,16)(H,17,18). The number of benzene rings is 1. The second-order valence-corrected chi connectivity index (χ2v) is 6.84. The number of aryl methyl sites for hydroxylation is 2. The van der Waals surface area contributed by atoms with Crippen LogP contribution in [0, 0.1) is 6.92 Å². The number of carboxylic acids is 1. The Morgan fingerprint density at radius 2 is 2.21 bits per heavy atom. The number of aliphatic carboxylic acids is 1. The van der Waals surface area contributed by atoms with Crippen LogP contribution in [0.25, 0.3) is 11.0 Å². The van der Waals surface area contributed by atoms with Crippen molar-refractivity contribution in [3.05, 3.63) is 29.6 Å². The molecule has 1 aromatic heterocycles. The van der Waals surface area contributed by atoms with E-state index in [1.165, 1.54) is 17.3 Å². The fourth-order valence-electron chi connectivity index (χ4n) is 1.76. The maximum atomic E-state index is 11.0. The molecule has 0 amide bonds. The Kier molecular flexibility index (Phi) is 3.85. The molecule has 0 spiro atoms. The number of aromatic nitrogens is 2. The van der Waals surface area contributed by atoms with Gasteiger partial charge in [-0.05, 0) is 38.5 Å². The van der Waals surface area contributed by atoms with Gasteiger partial charge < -0.3 is 10.1 Å². The van der Waals surface area contributed by atoms with Crippen molar-refractivity contribution in [2.75, 3.05) is 5.75 Å². The lowest BCUT2D eigenvalue weighted by molar-refractivity contribution is -0.138. The third kappa shape index (κ3) is 3.29. The van der Waals surface area contributed by atoms with Crippen molar-refractivity contribution < 1.29 is 9.90 Å². The average Bonchev–Trinajstić information content (AvgIpc) is 2.70. The quantitative estimate of drug-likeness (QED) is 0.882. The van der Waals surface area contributed by atoms with Crippen LogP contribution in [0.4, 0.5) is 0 Å². The second-order valence-electron chi connectivity index (χ2n) is 5.12. The highest BCUT2D eigenvalue weighted by molar-refractivity contribution is 8.01. The number of hydrogen-bond donors (Lipinski definition) is 2. The topological polar surface area (TPSA) is 66.0 Å². The van der Waals surface area contributed by atoms with Gasteiger partial charge in [-0.2, -0.15) is 0 Å². The summed E-state index contributed by atoms with van der Waals surface area (Å²) < 4.78 is -0.747. The summed E-state index contributed by atoms with van der Waals surface area (Å²) in [4.78, 5) is 18.8. The van der Waals surface area contributed by atoms with Crippen LogP contribution in [-0.2, 0) is 11.2 Å². The van der Waals surface area contributed by atoms with Crippen LogP contribution in [0.1, 0.15) is 25.2 Å². The minimum atomic E-state index is -0.780. The highest BCUT2D eigenvalue weighted by atomic mass is 32.2. The Morgan fingerprint density at radius 3 is 2.89 bits per heavy atom. The summed E-state index contributed by atoms with van der Waals surface area (Å²) in [5.74, 6) is 0.866. The molecule has 4 nitrogen and oxygen atoms in total. The van der Waals surface area contributed by atoms with Gasteiger partial charge in [-0.25, -0.2) is 4.98 Å². The summed E-state index contributed by atoms with van der Waals surface area (Å²) in [6, 6.07) is 6.11. The molecule has 19 heavy (non-hydrogen) atoms. The van der Waals surface area contributed by atoms with E-state index in [0.29, 0.717) is 0 Å². The third-order valence-corrected chi connectivity index (χ3v) is 4.31. The van der Waals surface area contributed by atoms with Gasteiger partial charge in [0.05, 0.1) is 11.0 Å². The highest BCUT2D eigenvalue weighted by Gasteiger charge is 2.27. The predicted octanol–water partition coefficient (Wildman–Crippen LogP) is 3.01. The lowest BCUT2D eigenvalue weighted by atomic mass is 10.2. The molecule has 0 fully saturated rings. The summed E-state index contributed by atoms with van der Waals surface area (Å²) in [5, 5.41) is 9.04. The van der Waals surface area contributed by atoms with Crippen molar-refractivity contribution in [3.63, 3.8) is 0 Å². The van der Waals surface area contributed by atoms with Crippen LogP contribution in [-0.4, -0.2) is 31.5 Å². The van der Waals surface area contributed by atoms with Crippen LogP contribution in [0.2, 0.25) is 0 Å². The zero-order chi connectivity index (χ0) is 14.0. The summed E-state index contributed by atoms with van der Waals surface area (Å²) in [6.07, 6.45) is 0.745. The largest absolute Gasteiger partial charge is 0.480 e. The van der Waals surface area contributed by atoms with Crippen LogP contribution in [0.3, 0.4) is 0 Å². The Bertz CT molecular complexity index is 605. The minimum absolute atomic E-state index is 0.734. The molecule has 0 atom stereocenters. The van der Waals surface area contributed by atoms with Crippen molar-refractivity contribution >= 4 is 28.8 Å². The summed E-state index contributed by atoms with van der Waals surface area (Å²) >= 11 is 1.44. The third-order valence-electron chi connectivity index (χ3n) is 3.00. The maximum absolute atomic E-state index is 11.0. The van der Waals surface area contributed by atoms with Gasteiger partial charge in [0.1, 0.15) is 10.6 Å². The van der Waals surface area contributed by atoms with Gasteiger partial charge in [0.25, 0.3) is 0 Å². The molecule has 0 radical (unpaired) electrons. The Labute approximate surface area is 116 Å². The molecule has 1 heterocycles. The molecule has 0 saturated carbocycles. The van der Waals surface area contributed by atoms with Crippen LogP contribution in [0.15, 0.2) is 18.2 Å². The normalized spacial score (nSPS) is 11.9. The average molecular weight is 278 g/mol. The molecule has 2 N–H and O–H groups in total. The van der Waals surface area contributed by atoms with Crippen LogP contribution < -0.4 is 0 Å². The van der Waals surface area contributed by atoms with Gasteiger partial charge in [-0.3, -0.25) is 4.79 Å². The number of thioether (sulfide) groups is 1. The molecule has 0 bridgehead atoms. The molecule has 5 heteroatoms. The van der Waals surface area contributed by atoms with E-state index in [1.807, 2.05) is 19.1 Å². The number of carbonyl (C=O) groups is 1. The highest BCUT2D eigenvalue weighted by Crippen LogP contribution is 2.25. The number of rotatable bonds is 5. The van der Waals surface area contributed by atoms with E-state index in [-0.39, 0.29) is 0 Å². The molecule has 0 aliphatic rings. The number of hydrogen-bond acceptors (Lipinski definition) is 3. The van der Waals surface area contributed by atoms with E-state index in [4.69, 9.17) is 5.11 Å².